The maximum absolute atomic E-state index is 11.9. The number of amides is 1. The fourth-order valence-electron chi connectivity index (χ4n) is 1.62. The lowest BCUT2D eigenvalue weighted by Crippen LogP contribution is -2.30. The van der Waals surface area contributed by atoms with Crippen LogP contribution in [0.15, 0.2) is 6.33 Å². The number of nitrogens with zero attached hydrogens (tertiary/aromatic N) is 2. The van der Waals surface area contributed by atoms with Crippen molar-refractivity contribution < 1.29 is 9.53 Å². The molecule has 7 heteroatoms. The summed E-state index contributed by atoms with van der Waals surface area (Å²) >= 11 is 11.7. The number of hydrogen-bond donors (Lipinski definition) is 1. The molecule has 92 valence electrons. The molecular formula is C10H11Cl2N3O2. The molecule has 1 saturated heterocycles. The number of rotatable bonds is 2. The van der Waals surface area contributed by atoms with Crippen LogP contribution in [-0.4, -0.2) is 29.1 Å². The lowest BCUT2D eigenvalue weighted by molar-refractivity contribution is -0.123. The van der Waals surface area contributed by atoms with E-state index in [-0.39, 0.29) is 27.8 Å². The van der Waals surface area contributed by atoms with Gasteiger partial charge < -0.3 is 10.1 Å². The molecule has 1 amide bonds. The van der Waals surface area contributed by atoms with Gasteiger partial charge in [0.1, 0.15) is 12.0 Å². The highest BCUT2D eigenvalue weighted by Crippen LogP contribution is 2.27. The van der Waals surface area contributed by atoms with Crippen molar-refractivity contribution in [2.45, 2.75) is 12.8 Å². The third kappa shape index (κ3) is 3.06. The van der Waals surface area contributed by atoms with E-state index in [2.05, 4.69) is 15.3 Å². The minimum atomic E-state index is -0.170. The first-order chi connectivity index (χ1) is 8.18. The van der Waals surface area contributed by atoms with E-state index in [1.54, 1.807) is 0 Å². The monoisotopic (exact) mass is 275 g/mol. The summed E-state index contributed by atoms with van der Waals surface area (Å²) in [6.07, 6.45) is 2.92. The second kappa shape index (κ2) is 5.62. The lowest BCUT2D eigenvalue weighted by Gasteiger charge is -2.21. The minimum Gasteiger partial charge on any atom is -0.381 e. The van der Waals surface area contributed by atoms with E-state index in [1.165, 1.54) is 6.33 Å². The summed E-state index contributed by atoms with van der Waals surface area (Å²) in [6, 6.07) is 0. The maximum Gasteiger partial charge on any atom is 0.229 e. The van der Waals surface area contributed by atoms with Crippen molar-refractivity contribution >= 4 is 34.8 Å². The summed E-state index contributed by atoms with van der Waals surface area (Å²) < 4.78 is 5.24. The van der Waals surface area contributed by atoms with Crippen LogP contribution < -0.4 is 5.32 Å². The van der Waals surface area contributed by atoms with Gasteiger partial charge in [-0.25, -0.2) is 9.97 Å². The van der Waals surface area contributed by atoms with Crippen LogP contribution in [0.3, 0.4) is 0 Å². The van der Waals surface area contributed by atoms with Crippen LogP contribution in [0.4, 0.5) is 5.69 Å². The third-order valence-corrected chi connectivity index (χ3v) is 3.11. The summed E-state index contributed by atoms with van der Waals surface area (Å²) in [5.41, 5.74) is 0.256. The first kappa shape index (κ1) is 12.5. The highest BCUT2D eigenvalue weighted by atomic mass is 35.5. The van der Waals surface area contributed by atoms with Crippen LogP contribution in [0.25, 0.3) is 0 Å². The molecule has 1 aromatic rings. The van der Waals surface area contributed by atoms with E-state index in [1.807, 2.05) is 0 Å². The first-order valence-electron chi connectivity index (χ1n) is 5.23. The van der Waals surface area contributed by atoms with E-state index in [0.29, 0.717) is 13.2 Å². The van der Waals surface area contributed by atoms with Gasteiger partial charge in [0, 0.05) is 6.61 Å². The largest absolute Gasteiger partial charge is 0.381 e. The van der Waals surface area contributed by atoms with Crippen molar-refractivity contribution in [2.24, 2.45) is 5.92 Å². The van der Waals surface area contributed by atoms with E-state index in [9.17, 15) is 4.79 Å². The van der Waals surface area contributed by atoms with E-state index in [0.717, 1.165) is 12.8 Å². The molecule has 1 fully saturated rings. The molecule has 0 aliphatic carbocycles. The number of ether oxygens (including phenoxy) is 1. The van der Waals surface area contributed by atoms with E-state index in [4.69, 9.17) is 27.9 Å². The lowest BCUT2D eigenvalue weighted by atomic mass is 10.0. The molecule has 0 aromatic carbocycles. The topological polar surface area (TPSA) is 64.1 Å². The zero-order valence-electron chi connectivity index (χ0n) is 8.95. The summed E-state index contributed by atoms with van der Waals surface area (Å²) in [6.45, 7) is 1.13. The zero-order valence-corrected chi connectivity index (χ0v) is 10.5. The van der Waals surface area contributed by atoms with E-state index < -0.39 is 0 Å². The van der Waals surface area contributed by atoms with Crippen molar-refractivity contribution in [2.75, 3.05) is 18.5 Å². The van der Waals surface area contributed by atoms with Crippen molar-refractivity contribution in [1.29, 1.82) is 0 Å². The van der Waals surface area contributed by atoms with Crippen LogP contribution >= 0.6 is 23.2 Å². The molecule has 2 heterocycles. The summed E-state index contributed by atoms with van der Waals surface area (Å²) in [5.74, 6) is -0.334. The molecular weight excluding hydrogens is 265 g/mol. The van der Waals surface area contributed by atoms with Gasteiger partial charge in [0.05, 0.1) is 12.5 Å². The molecule has 0 saturated carbocycles. The fraction of sp³-hybridized carbons (Fsp3) is 0.500. The minimum absolute atomic E-state index is 0.134. The number of nitrogens with one attached hydrogen (secondary N) is 1. The second-order valence-corrected chi connectivity index (χ2v) is 4.45. The smallest absolute Gasteiger partial charge is 0.229 e. The van der Waals surface area contributed by atoms with Crippen molar-refractivity contribution in [3.05, 3.63) is 16.6 Å². The van der Waals surface area contributed by atoms with Gasteiger partial charge in [-0.2, -0.15) is 0 Å². The van der Waals surface area contributed by atoms with Crippen molar-refractivity contribution in [3.8, 4) is 0 Å². The number of anilines is 1. The Morgan fingerprint density at radius 2 is 2.12 bits per heavy atom. The molecule has 1 atom stereocenters. The Bertz CT molecular complexity index is 402. The summed E-state index contributed by atoms with van der Waals surface area (Å²) in [4.78, 5) is 19.4. The number of halogens is 2. The highest BCUT2D eigenvalue weighted by Gasteiger charge is 2.23. The average molecular weight is 276 g/mol. The Morgan fingerprint density at radius 3 is 2.71 bits per heavy atom. The molecule has 17 heavy (non-hydrogen) atoms. The Balaban J connectivity index is 2.07. The SMILES string of the molecule is O=C(Nc1c(Cl)ncnc1Cl)C1CCCOC1. The Kier molecular flexibility index (Phi) is 4.15. The van der Waals surface area contributed by atoms with E-state index >= 15 is 0 Å². The van der Waals surface area contributed by atoms with Gasteiger partial charge in [0.2, 0.25) is 5.91 Å². The summed E-state index contributed by atoms with van der Waals surface area (Å²) in [5, 5.41) is 2.91. The van der Waals surface area contributed by atoms with Crippen LogP contribution in [0.5, 0.6) is 0 Å². The molecule has 1 unspecified atom stereocenters. The standard InChI is InChI=1S/C10H11Cl2N3O2/c11-8-7(9(12)14-5-13-8)15-10(16)6-2-1-3-17-4-6/h5-6H,1-4H2,(H,15,16). The molecule has 0 radical (unpaired) electrons. The van der Waals surface area contributed by atoms with Gasteiger partial charge >= 0.3 is 0 Å². The van der Waals surface area contributed by atoms with Gasteiger partial charge in [-0.15, -0.1) is 0 Å². The van der Waals surface area contributed by atoms with Crippen LogP contribution in [0.1, 0.15) is 12.8 Å². The van der Waals surface area contributed by atoms with Crippen molar-refractivity contribution in [3.63, 3.8) is 0 Å². The number of carbonyl (C=O) groups excluding carboxylic acids is 1. The number of aromatic nitrogens is 2. The zero-order chi connectivity index (χ0) is 12.3. The number of hydrogen-bond acceptors (Lipinski definition) is 4. The Morgan fingerprint density at radius 1 is 1.41 bits per heavy atom. The predicted octanol–water partition coefficient (Wildman–Crippen LogP) is 2.15. The Labute approximate surface area is 108 Å². The Hall–Kier alpha value is -0.910. The van der Waals surface area contributed by atoms with Crippen LogP contribution in [0.2, 0.25) is 10.3 Å². The van der Waals surface area contributed by atoms with Gasteiger partial charge in [-0.1, -0.05) is 23.2 Å². The molecule has 0 bridgehead atoms. The fourth-order valence-corrected chi connectivity index (χ4v) is 2.03. The van der Waals surface area contributed by atoms with Gasteiger partial charge in [-0.3, -0.25) is 4.79 Å². The maximum atomic E-state index is 11.9. The third-order valence-electron chi connectivity index (χ3n) is 2.53. The predicted molar refractivity (Wildman–Crippen MR) is 64.2 cm³/mol. The quantitative estimate of drug-likeness (QED) is 0.840. The molecule has 1 aliphatic rings. The molecule has 0 spiro atoms. The molecule has 1 N–H and O–H groups in total. The molecule has 1 aromatic heterocycles. The van der Waals surface area contributed by atoms with Gasteiger partial charge in [0.15, 0.2) is 10.3 Å². The first-order valence-corrected chi connectivity index (χ1v) is 5.98. The highest BCUT2D eigenvalue weighted by molar-refractivity contribution is 6.38. The van der Waals surface area contributed by atoms with Gasteiger partial charge in [0.25, 0.3) is 0 Å². The molecule has 2 rings (SSSR count). The number of carbonyl (C=O) groups is 1. The molecule has 5 nitrogen and oxygen atoms in total. The average Bonchev–Trinajstić information content (AvgIpc) is 2.35. The van der Waals surface area contributed by atoms with Crippen LogP contribution in [0, 0.1) is 5.92 Å². The second-order valence-electron chi connectivity index (χ2n) is 3.73. The van der Waals surface area contributed by atoms with Crippen molar-refractivity contribution in [1.82, 2.24) is 9.97 Å². The molecule has 1 aliphatic heterocycles. The summed E-state index contributed by atoms with van der Waals surface area (Å²) in [7, 11) is 0. The van der Waals surface area contributed by atoms with Gasteiger partial charge in [-0.05, 0) is 12.8 Å². The normalized spacial score (nSPS) is 20.0. The van der Waals surface area contributed by atoms with Crippen LogP contribution in [-0.2, 0) is 9.53 Å².